The number of methoxy groups -OCH3 is 4. The van der Waals surface area contributed by atoms with Crippen LogP contribution in [0.25, 0.3) is 11.3 Å². The van der Waals surface area contributed by atoms with Crippen molar-refractivity contribution in [1.82, 2.24) is 10.4 Å². The van der Waals surface area contributed by atoms with Crippen molar-refractivity contribution in [2.75, 3.05) is 33.9 Å². The maximum absolute atomic E-state index is 12.5. The molecule has 152 valence electrons. The van der Waals surface area contributed by atoms with Gasteiger partial charge in [0.1, 0.15) is 5.75 Å². The molecule has 3 aromatic rings. The molecule has 1 heterocycles. The minimum atomic E-state index is -0.370. The largest absolute Gasteiger partial charge is 0.497 e. The zero-order chi connectivity index (χ0) is 20.8. The first-order valence-electron chi connectivity index (χ1n) is 8.56. The molecule has 0 unspecified atom stereocenters. The van der Waals surface area contributed by atoms with Gasteiger partial charge in [0, 0.05) is 16.5 Å². The number of nitrogens with zero attached hydrogens (tertiary/aromatic N) is 1. The molecule has 0 atom stereocenters. The van der Waals surface area contributed by atoms with Crippen LogP contribution in [0.3, 0.4) is 0 Å². The minimum absolute atomic E-state index is 0.346. The lowest BCUT2D eigenvalue weighted by molar-refractivity contribution is 0.0962. The number of benzene rings is 2. The molecule has 2 aromatic carbocycles. The molecule has 0 aliphatic rings. The molecule has 0 saturated heterocycles. The van der Waals surface area contributed by atoms with E-state index in [1.54, 1.807) is 19.2 Å². The van der Waals surface area contributed by atoms with Crippen LogP contribution in [0.1, 0.15) is 10.4 Å². The summed E-state index contributed by atoms with van der Waals surface area (Å²) in [5, 5.41) is 2.45. The summed E-state index contributed by atoms with van der Waals surface area (Å²) >= 11 is 1.38. The highest BCUT2D eigenvalue weighted by atomic mass is 32.1. The van der Waals surface area contributed by atoms with Gasteiger partial charge in [-0.25, -0.2) is 4.98 Å². The van der Waals surface area contributed by atoms with E-state index in [2.05, 4.69) is 15.8 Å². The van der Waals surface area contributed by atoms with Crippen molar-refractivity contribution in [1.29, 1.82) is 0 Å². The predicted molar refractivity (Wildman–Crippen MR) is 111 cm³/mol. The van der Waals surface area contributed by atoms with Crippen molar-refractivity contribution in [3.05, 3.63) is 47.3 Å². The van der Waals surface area contributed by atoms with Crippen molar-refractivity contribution in [3.8, 4) is 34.3 Å². The average Bonchev–Trinajstić information content (AvgIpc) is 3.25. The van der Waals surface area contributed by atoms with Crippen molar-refractivity contribution >= 4 is 22.4 Å². The van der Waals surface area contributed by atoms with E-state index in [9.17, 15) is 4.79 Å². The summed E-state index contributed by atoms with van der Waals surface area (Å²) < 4.78 is 21.0. The highest BCUT2D eigenvalue weighted by Crippen LogP contribution is 2.38. The van der Waals surface area contributed by atoms with Crippen molar-refractivity contribution in [3.63, 3.8) is 0 Å². The number of aromatic nitrogens is 1. The van der Waals surface area contributed by atoms with Gasteiger partial charge in [0.15, 0.2) is 11.5 Å². The van der Waals surface area contributed by atoms with Gasteiger partial charge in [-0.15, -0.1) is 11.3 Å². The Hall–Kier alpha value is -3.46. The Bertz CT molecular complexity index is 963. The summed E-state index contributed by atoms with van der Waals surface area (Å²) in [4.78, 5) is 17.0. The highest BCUT2D eigenvalue weighted by Gasteiger charge is 2.17. The zero-order valence-electron chi connectivity index (χ0n) is 16.4. The first kappa shape index (κ1) is 20.3. The van der Waals surface area contributed by atoms with Crippen molar-refractivity contribution in [2.24, 2.45) is 0 Å². The summed E-state index contributed by atoms with van der Waals surface area (Å²) in [6, 6.07) is 10.7. The molecule has 0 radical (unpaired) electrons. The van der Waals surface area contributed by atoms with E-state index in [-0.39, 0.29) is 5.91 Å². The molecular formula is C20H21N3O5S. The Labute approximate surface area is 172 Å². The molecule has 1 amide bonds. The maximum Gasteiger partial charge on any atom is 0.269 e. The number of nitrogens with one attached hydrogen (secondary N) is 2. The second-order valence-corrected chi connectivity index (χ2v) is 6.62. The minimum Gasteiger partial charge on any atom is -0.497 e. The molecule has 0 aliphatic heterocycles. The van der Waals surface area contributed by atoms with E-state index in [4.69, 9.17) is 18.9 Å². The molecule has 9 heteroatoms. The van der Waals surface area contributed by atoms with Crippen LogP contribution in [0.15, 0.2) is 41.8 Å². The Morgan fingerprint density at radius 3 is 2.14 bits per heavy atom. The average molecular weight is 415 g/mol. The number of ether oxygens (including phenoxy) is 4. The molecule has 0 spiro atoms. The zero-order valence-corrected chi connectivity index (χ0v) is 17.3. The number of hydrogen-bond donors (Lipinski definition) is 2. The number of thiazole rings is 1. The summed E-state index contributed by atoms with van der Waals surface area (Å²) in [6.07, 6.45) is 0. The number of rotatable bonds is 8. The van der Waals surface area contributed by atoms with Gasteiger partial charge in [0.2, 0.25) is 10.9 Å². The Balaban J connectivity index is 1.70. The Kier molecular flexibility index (Phi) is 6.40. The van der Waals surface area contributed by atoms with E-state index >= 15 is 0 Å². The third-order valence-corrected chi connectivity index (χ3v) is 4.86. The van der Waals surface area contributed by atoms with Crippen LogP contribution in [0.2, 0.25) is 0 Å². The highest BCUT2D eigenvalue weighted by molar-refractivity contribution is 7.14. The summed E-state index contributed by atoms with van der Waals surface area (Å²) in [5.41, 5.74) is 7.54. The number of carbonyl (C=O) groups excluding carboxylic acids is 1. The van der Waals surface area contributed by atoms with Gasteiger partial charge in [-0.05, 0) is 36.4 Å². The van der Waals surface area contributed by atoms with Gasteiger partial charge in [-0.1, -0.05) is 0 Å². The first-order chi connectivity index (χ1) is 14.1. The summed E-state index contributed by atoms with van der Waals surface area (Å²) in [5.74, 6) is 1.62. The van der Waals surface area contributed by atoms with Gasteiger partial charge in [-0.3, -0.25) is 15.6 Å². The standard InChI is InChI=1S/C20H21N3O5S/c1-25-14-7-5-12(6-8-14)15-11-29-20(21-15)23-22-19(24)13-9-16(26-2)18(28-4)17(10-13)27-3/h5-11H,1-4H3,(H,21,23)(H,22,24). The molecule has 0 saturated carbocycles. The van der Waals surface area contributed by atoms with E-state index in [1.807, 2.05) is 29.6 Å². The van der Waals surface area contributed by atoms with E-state index in [1.165, 1.54) is 32.7 Å². The van der Waals surface area contributed by atoms with Crippen LogP contribution in [0.5, 0.6) is 23.0 Å². The molecule has 0 aliphatic carbocycles. The lowest BCUT2D eigenvalue weighted by atomic mass is 10.1. The van der Waals surface area contributed by atoms with Crippen LogP contribution >= 0.6 is 11.3 Å². The number of amides is 1. The molecule has 2 N–H and O–H groups in total. The molecule has 0 fully saturated rings. The fourth-order valence-corrected chi connectivity index (χ4v) is 3.29. The Morgan fingerprint density at radius 2 is 1.59 bits per heavy atom. The van der Waals surface area contributed by atoms with Crippen LogP contribution < -0.4 is 29.8 Å². The topological polar surface area (TPSA) is 90.9 Å². The van der Waals surface area contributed by atoms with Crippen LogP contribution in [0, 0.1) is 0 Å². The lowest BCUT2D eigenvalue weighted by Gasteiger charge is -2.14. The van der Waals surface area contributed by atoms with Crippen molar-refractivity contribution in [2.45, 2.75) is 0 Å². The molecule has 1 aromatic heterocycles. The van der Waals surface area contributed by atoms with Gasteiger partial charge < -0.3 is 18.9 Å². The van der Waals surface area contributed by atoms with E-state index < -0.39 is 0 Å². The third kappa shape index (κ3) is 4.52. The van der Waals surface area contributed by atoms with Crippen LogP contribution in [-0.4, -0.2) is 39.3 Å². The van der Waals surface area contributed by atoms with Gasteiger partial charge in [0.05, 0.1) is 34.1 Å². The quantitative estimate of drug-likeness (QED) is 0.543. The summed E-state index contributed by atoms with van der Waals surface area (Å²) in [7, 11) is 6.11. The summed E-state index contributed by atoms with van der Waals surface area (Å²) in [6.45, 7) is 0. The van der Waals surface area contributed by atoms with E-state index in [0.29, 0.717) is 27.9 Å². The number of hydrazine groups is 1. The first-order valence-corrected chi connectivity index (χ1v) is 9.44. The molecule has 0 bridgehead atoms. The van der Waals surface area contributed by atoms with Crippen molar-refractivity contribution < 1.29 is 23.7 Å². The molecular weight excluding hydrogens is 394 g/mol. The smallest absolute Gasteiger partial charge is 0.269 e. The molecule has 29 heavy (non-hydrogen) atoms. The lowest BCUT2D eigenvalue weighted by Crippen LogP contribution is -2.29. The second-order valence-electron chi connectivity index (χ2n) is 5.76. The third-order valence-electron chi connectivity index (χ3n) is 4.10. The maximum atomic E-state index is 12.5. The van der Waals surface area contributed by atoms with Crippen LogP contribution in [0.4, 0.5) is 5.13 Å². The van der Waals surface area contributed by atoms with Gasteiger partial charge in [-0.2, -0.15) is 0 Å². The normalized spacial score (nSPS) is 10.2. The van der Waals surface area contributed by atoms with Crippen LogP contribution in [-0.2, 0) is 0 Å². The molecule has 3 rings (SSSR count). The second kappa shape index (κ2) is 9.16. The van der Waals surface area contributed by atoms with Gasteiger partial charge >= 0.3 is 0 Å². The monoisotopic (exact) mass is 415 g/mol. The number of anilines is 1. The number of carbonyl (C=O) groups is 1. The predicted octanol–water partition coefficient (Wildman–Crippen LogP) is 3.60. The number of hydrogen-bond acceptors (Lipinski definition) is 8. The molecule has 8 nitrogen and oxygen atoms in total. The SMILES string of the molecule is COc1ccc(-c2csc(NNC(=O)c3cc(OC)c(OC)c(OC)c3)n2)cc1. The Morgan fingerprint density at radius 1 is 0.931 bits per heavy atom. The van der Waals surface area contributed by atoms with Gasteiger partial charge in [0.25, 0.3) is 5.91 Å². The van der Waals surface area contributed by atoms with E-state index in [0.717, 1.165) is 17.0 Å². The fourth-order valence-electron chi connectivity index (χ4n) is 2.62. The fraction of sp³-hybridized carbons (Fsp3) is 0.200.